The molecule has 0 saturated carbocycles. The van der Waals surface area contributed by atoms with E-state index in [0.717, 1.165) is 13.0 Å². The van der Waals surface area contributed by atoms with Crippen molar-refractivity contribution >= 4 is 0 Å². The Hall–Kier alpha value is -0.890. The Balaban J connectivity index is 2.18. The van der Waals surface area contributed by atoms with E-state index >= 15 is 0 Å². The summed E-state index contributed by atoms with van der Waals surface area (Å²) >= 11 is 0. The van der Waals surface area contributed by atoms with Crippen molar-refractivity contribution in [1.82, 2.24) is 10.3 Å². The highest BCUT2D eigenvalue weighted by Crippen LogP contribution is 2.08. The zero-order valence-electron chi connectivity index (χ0n) is 10.1. The lowest BCUT2D eigenvalue weighted by molar-refractivity contribution is 0.557. The van der Waals surface area contributed by atoms with Crippen LogP contribution < -0.4 is 5.32 Å². The molecule has 1 rings (SSSR count). The van der Waals surface area contributed by atoms with Gasteiger partial charge in [0, 0.05) is 18.4 Å². The van der Waals surface area contributed by atoms with Crippen LogP contribution in [0, 0.1) is 6.92 Å². The lowest BCUT2D eigenvalue weighted by Crippen LogP contribution is -2.23. The average molecular weight is 206 g/mol. The Bertz CT molecular complexity index is 282. The average Bonchev–Trinajstić information content (AvgIpc) is 2.20. The predicted octanol–water partition coefficient (Wildman–Crippen LogP) is 2.71. The van der Waals surface area contributed by atoms with Crippen molar-refractivity contribution in [3.8, 4) is 0 Å². The van der Waals surface area contributed by atoms with Crippen molar-refractivity contribution < 1.29 is 0 Å². The van der Waals surface area contributed by atoms with E-state index < -0.39 is 0 Å². The molecule has 84 valence electrons. The summed E-state index contributed by atoms with van der Waals surface area (Å²) in [5, 5.41) is 3.43. The van der Waals surface area contributed by atoms with E-state index in [4.69, 9.17) is 0 Å². The predicted molar refractivity (Wildman–Crippen MR) is 65.1 cm³/mol. The zero-order chi connectivity index (χ0) is 11.1. The minimum Gasteiger partial charge on any atom is -0.315 e. The van der Waals surface area contributed by atoms with E-state index in [2.05, 4.69) is 37.1 Å². The number of aryl methyl sites for hydroxylation is 2. The van der Waals surface area contributed by atoms with Crippen LogP contribution in [0.3, 0.4) is 0 Å². The van der Waals surface area contributed by atoms with Crippen LogP contribution in [0.25, 0.3) is 0 Å². The fraction of sp³-hybridized carbons (Fsp3) is 0.615. The molecule has 2 heteroatoms. The van der Waals surface area contributed by atoms with E-state index in [0.29, 0.717) is 6.04 Å². The molecule has 1 N–H and O–H groups in total. The van der Waals surface area contributed by atoms with Crippen molar-refractivity contribution in [2.75, 3.05) is 6.54 Å². The number of unbranched alkanes of at least 4 members (excludes halogenated alkanes) is 1. The minimum atomic E-state index is 0.602. The van der Waals surface area contributed by atoms with Crippen molar-refractivity contribution in [3.05, 3.63) is 29.6 Å². The van der Waals surface area contributed by atoms with Gasteiger partial charge < -0.3 is 5.32 Å². The fourth-order valence-electron chi connectivity index (χ4n) is 1.59. The fourth-order valence-corrected chi connectivity index (χ4v) is 1.59. The van der Waals surface area contributed by atoms with E-state index in [-0.39, 0.29) is 0 Å². The van der Waals surface area contributed by atoms with Gasteiger partial charge in [0.2, 0.25) is 0 Å². The number of nitrogens with one attached hydrogen (secondary N) is 1. The molecule has 0 radical (unpaired) electrons. The van der Waals surface area contributed by atoms with Gasteiger partial charge in [-0.1, -0.05) is 13.8 Å². The van der Waals surface area contributed by atoms with Gasteiger partial charge in [0.15, 0.2) is 0 Å². The SMILES string of the molecule is Cc1ccncc1CCCCNC(C)C. The second-order valence-corrected chi connectivity index (χ2v) is 4.37. The Morgan fingerprint density at radius 3 is 2.80 bits per heavy atom. The molecule has 0 spiro atoms. The Kier molecular flexibility index (Phi) is 5.33. The van der Waals surface area contributed by atoms with Gasteiger partial charge in [-0.15, -0.1) is 0 Å². The molecule has 2 nitrogen and oxygen atoms in total. The summed E-state index contributed by atoms with van der Waals surface area (Å²) in [6.07, 6.45) is 7.49. The molecule has 0 unspecified atom stereocenters. The van der Waals surface area contributed by atoms with Crippen LogP contribution in [-0.2, 0) is 6.42 Å². The topological polar surface area (TPSA) is 24.9 Å². The maximum Gasteiger partial charge on any atom is 0.0302 e. The van der Waals surface area contributed by atoms with E-state index in [9.17, 15) is 0 Å². The smallest absolute Gasteiger partial charge is 0.0302 e. The molecule has 1 heterocycles. The molecule has 0 amide bonds. The third kappa shape index (κ3) is 4.93. The van der Waals surface area contributed by atoms with Crippen LogP contribution in [0.15, 0.2) is 18.5 Å². The second kappa shape index (κ2) is 6.57. The minimum absolute atomic E-state index is 0.602. The third-order valence-corrected chi connectivity index (χ3v) is 2.57. The summed E-state index contributed by atoms with van der Waals surface area (Å²) in [4.78, 5) is 4.16. The highest BCUT2D eigenvalue weighted by molar-refractivity contribution is 5.21. The van der Waals surface area contributed by atoms with Crippen LogP contribution in [0.2, 0.25) is 0 Å². The summed E-state index contributed by atoms with van der Waals surface area (Å²) in [5.41, 5.74) is 2.75. The summed E-state index contributed by atoms with van der Waals surface area (Å²) in [6, 6.07) is 2.69. The number of aromatic nitrogens is 1. The number of pyridine rings is 1. The quantitative estimate of drug-likeness (QED) is 0.724. The van der Waals surface area contributed by atoms with Gasteiger partial charge in [-0.2, -0.15) is 0 Å². The van der Waals surface area contributed by atoms with Gasteiger partial charge in [0.1, 0.15) is 0 Å². The lowest BCUT2D eigenvalue weighted by Gasteiger charge is -2.08. The number of rotatable bonds is 6. The monoisotopic (exact) mass is 206 g/mol. The first-order valence-corrected chi connectivity index (χ1v) is 5.83. The van der Waals surface area contributed by atoms with Crippen LogP contribution in [0.1, 0.15) is 37.8 Å². The Labute approximate surface area is 93.1 Å². The van der Waals surface area contributed by atoms with Gasteiger partial charge >= 0.3 is 0 Å². The molecule has 0 atom stereocenters. The van der Waals surface area contributed by atoms with Gasteiger partial charge in [0.25, 0.3) is 0 Å². The molecule has 1 aromatic rings. The van der Waals surface area contributed by atoms with Crippen molar-refractivity contribution in [2.24, 2.45) is 0 Å². The molecular weight excluding hydrogens is 184 g/mol. The zero-order valence-corrected chi connectivity index (χ0v) is 10.1. The van der Waals surface area contributed by atoms with E-state index in [1.165, 1.54) is 24.0 Å². The summed E-state index contributed by atoms with van der Waals surface area (Å²) in [7, 11) is 0. The normalized spacial score (nSPS) is 10.9. The van der Waals surface area contributed by atoms with E-state index in [1.54, 1.807) is 0 Å². The standard InChI is InChI=1S/C13H22N2/c1-11(2)15-8-5-4-6-13-10-14-9-7-12(13)3/h7,9-11,15H,4-6,8H2,1-3H3. The summed E-state index contributed by atoms with van der Waals surface area (Å²) in [6.45, 7) is 7.65. The van der Waals surface area contributed by atoms with Gasteiger partial charge in [0.05, 0.1) is 0 Å². The molecule has 0 saturated heterocycles. The summed E-state index contributed by atoms with van der Waals surface area (Å²) in [5.74, 6) is 0. The first-order chi connectivity index (χ1) is 7.20. The maximum atomic E-state index is 4.16. The molecule has 0 bridgehead atoms. The molecule has 0 aliphatic carbocycles. The Morgan fingerprint density at radius 1 is 1.33 bits per heavy atom. The maximum absolute atomic E-state index is 4.16. The molecule has 1 aromatic heterocycles. The first kappa shape index (κ1) is 12.2. The largest absolute Gasteiger partial charge is 0.315 e. The highest BCUT2D eigenvalue weighted by Gasteiger charge is 1.97. The third-order valence-electron chi connectivity index (χ3n) is 2.57. The van der Waals surface area contributed by atoms with Crippen molar-refractivity contribution in [1.29, 1.82) is 0 Å². The second-order valence-electron chi connectivity index (χ2n) is 4.37. The molecule has 0 fully saturated rings. The van der Waals surface area contributed by atoms with Crippen molar-refractivity contribution in [3.63, 3.8) is 0 Å². The van der Waals surface area contributed by atoms with Crippen LogP contribution in [0.4, 0.5) is 0 Å². The van der Waals surface area contributed by atoms with Crippen LogP contribution in [-0.4, -0.2) is 17.6 Å². The molecule has 15 heavy (non-hydrogen) atoms. The number of nitrogens with zero attached hydrogens (tertiary/aromatic N) is 1. The molecule has 0 aromatic carbocycles. The Morgan fingerprint density at radius 2 is 2.13 bits per heavy atom. The molecule has 0 aliphatic heterocycles. The van der Waals surface area contributed by atoms with Gasteiger partial charge in [-0.3, -0.25) is 4.98 Å². The van der Waals surface area contributed by atoms with Crippen molar-refractivity contribution in [2.45, 2.75) is 46.1 Å². The number of hydrogen-bond donors (Lipinski definition) is 1. The highest BCUT2D eigenvalue weighted by atomic mass is 14.9. The number of hydrogen-bond acceptors (Lipinski definition) is 2. The molecular formula is C13H22N2. The van der Waals surface area contributed by atoms with Crippen LogP contribution >= 0.6 is 0 Å². The van der Waals surface area contributed by atoms with Gasteiger partial charge in [-0.05, 0) is 49.9 Å². The molecule has 0 aliphatic rings. The summed E-state index contributed by atoms with van der Waals surface area (Å²) < 4.78 is 0. The first-order valence-electron chi connectivity index (χ1n) is 5.83. The lowest BCUT2D eigenvalue weighted by atomic mass is 10.1. The van der Waals surface area contributed by atoms with E-state index in [1.807, 2.05) is 12.4 Å². The van der Waals surface area contributed by atoms with Gasteiger partial charge in [-0.25, -0.2) is 0 Å². The van der Waals surface area contributed by atoms with Crippen LogP contribution in [0.5, 0.6) is 0 Å².